The molecule has 3 rings (SSSR count). The van der Waals surface area contributed by atoms with Gasteiger partial charge in [-0.25, -0.2) is 8.42 Å². The van der Waals surface area contributed by atoms with Gasteiger partial charge in [0.15, 0.2) is 0 Å². The van der Waals surface area contributed by atoms with E-state index in [0.717, 1.165) is 17.5 Å². The Hall–Kier alpha value is -2.09. The van der Waals surface area contributed by atoms with Crippen LogP contribution in [0.25, 0.3) is 0 Å². The summed E-state index contributed by atoms with van der Waals surface area (Å²) >= 11 is 0. The molecule has 0 bridgehead atoms. The number of methoxy groups -OCH3 is 1. The SMILES string of the molecule is CCOCCCNC1c2ccccc2S(=O)(=O)N(C)c2c(OC)cccc21. The molecule has 1 atom stereocenters. The van der Waals surface area contributed by atoms with Gasteiger partial charge >= 0.3 is 0 Å². The second kappa shape index (κ2) is 8.29. The molecule has 0 aromatic heterocycles. The summed E-state index contributed by atoms with van der Waals surface area (Å²) in [6.45, 7) is 4.04. The molecule has 0 radical (unpaired) electrons. The van der Waals surface area contributed by atoms with Crippen molar-refractivity contribution in [1.29, 1.82) is 0 Å². The first-order chi connectivity index (χ1) is 13.0. The van der Waals surface area contributed by atoms with Gasteiger partial charge in [0.05, 0.1) is 23.7 Å². The fourth-order valence-electron chi connectivity index (χ4n) is 3.45. The smallest absolute Gasteiger partial charge is 0.264 e. The molecule has 1 aliphatic rings. The standard InChI is InChI=1S/C20H26N2O4S/c1-4-26-14-8-13-21-19-15-9-5-6-12-18(15)27(23,24)22(2)20-16(19)10-7-11-17(20)25-3/h5-7,9-12,19,21H,4,8,13-14H2,1-3H3. The van der Waals surface area contributed by atoms with E-state index in [0.29, 0.717) is 36.1 Å². The van der Waals surface area contributed by atoms with Gasteiger partial charge in [-0.1, -0.05) is 30.3 Å². The van der Waals surface area contributed by atoms with E-state index in [2.05, 4.69) is 5.32 Å². The largest absolute Gasteiger partial charge is 0.495 e. The molecule has 1 N–H and O–H groups in total. The van der Waals surface area contributed by atoms with Gasteiger partial charge < -0.3 is 14.8 Å². The van der Waals surface area contributed by atoms with Crippen LogP contribution >= 0.6 is 0 Å². The third-order valence-electron chi connectivity index (χ3n) is 4.76. The van der Waals surface area contributed by atoms with Crippen LogP contribution in [0.1, 0.15) is 30.5 Å². The fourth-order valence-corrected chi connectivity index (χ4v) is 4.91. The highest BCUT2D eigenvalue weighted by molar-refractivity contribution is 7.92. The summed E-state index contributed by atoms with van der Waals surface area (Å²) in [6.07, 6.45) is 0.842. The van der Waals surface area contributed by atoms with Crippen LogP contribution in [0, 0.1) is 0 Å². The van der Waals surface area contributed by atoms with Crippen LogP contribution in [0.4, 0.5) is 5.69 Å². The average molecular weight is 391 g/mol. The second-order valence-electron chi connectivity index (χ2n) is 6.35. The van der Waals surface area contributed by atoms with Gasteiger partial charge in [0.25, 0.3) is 10.0 Å². The summed E-state index contributed by atoms with van der Waals surface area (Å²) in [7, 11) is -0.558. The van der Waals surface area contributed by atoms with Crippen molar-refractivity contribution >= 4 is 15.7 Å². The number of rotatable bonds is 7. The van der Waals surface area contributed by atoms with E-state index < -0.39 is 10.0 Å². The van der Waals surface area contributed by atoms with E-state index in [1.807, 2.05) is 31.2 Å². The lowest BCUT2D eigenvalue weighted by Gasteiger charge is -2.24. The van der Waals surface area contributed by atoms with Crippen molar-refractivity contribution in [3.8, 4) is 5.75 Å². The fraction of sp³-hybridized carbons (Fsp3) is 0.400. The van der Waals surface area contributed by atoms with Crippen molar-refractivity contribution in [1.82, 2.24) is 5.32 Å². The third-order valence-corrected chi connectivity index (χ3v) is 6.59. The van der Waals surface area contributed by atoms with Crippen LogP contribution in [-0.2, 0) is 14.8 Å². The van der Waals surface area contributed by atoms with Crippen LogP contribution in [0.15, 0.2) is 47.4 Å². The zero-order chi connectivity index (χ0) is 19.4. The van der Waals surface area contributed by atoms with E-state index in [9.17, 15) is 8.42 Å². The lowest BCUT2D eigenvalue weighted by Crippen LogP contribution is -2.27. The summed E-state index contributed by atoms with van der Waals surface area (Å²) in [5.41, 5.74) is 2.19. The predicted octanol–water partition coefficient (Wildman–Crippen LogP) is 2.94. The molecule has 0 spiro atoms. The van der Waals surface area contributed by atoms with Crippen molar-refractivity contribution in [3.05, 3.63) is 53.6 Å². The maximum atomic E-state index is 13.2. The van der Waals surface area contributed by atoms with Crippen LogP contribution in [0.5, 0.6) is 5.75 Å². The van der Waals surface area contributed by atoms with E-state index in [4.69, 9.17) is 9.47 Å². The predicted molar refractivity (Wildman–Crippen MR) is 106 cm³/mol. The van der Waals surface area contributed by atoms with E-state index in [-0.39, 0.29) is 6.04 Å². The minimum absolute atomic E-state index is 0.257. The highest BCUT2D eigenvalue weighted by Gasteiger charge is 2.36. The number of ether oxygens (including phenoxy) is 2. The molecule has 0 saturated carbocycles. The Labute approximate surface area is 161 Å². The highest BCUT2D eigenvalue weighted by Crippen LogP contribution is 2.44. The number of nitrogens with one attached hydrogen (secondary N) is 1. The zero-order valence-electron chi connectivity index (χ0n) is 15.9. The molecular weight excluding hydrogens is 364 g/mol. The van der Waals surface area contributed by atoms with Gasteiger partial charge in [0, 0.05) is 25.8 Å². The summed E-state index contributed by atoms with van der Waals surface area (Å²) < 4.78 is 38.7. The minimum atomic E-state index is -3.69. The monoisotopic (exact) mass is 390 g/mol. The van der Waals surface area contributed by atoms with E-state index in [1.165, 1.54) is 4.31 Å². The normalized spacial score (nSPS) is 17.7. The van der Waals surface area contributed by atoms with Gasteiger partial charge in [-0.05, 0) is 37.6 Å². The van der Waals surface area contributed by atoms with E-state index >= 15 is 0 Å². The van der Waals surface area contributed by atoms with Gasteiger partial charge in [0.1, 0.15) is 5.75 Å². The molecule has 1 aliphatic heterocycles. The molecular formula is C20H26N2O4S. The molecule has 0 fully saturated rings. The summed E-state index contributed by atoms with van der Waals surface area (Å²) in [6, 6.07) is 12.5. The van der Waals surface area contributed by atoms with Crippen molar-refractivity contribution in [2.24, 2.45) is 0 Å². The first kappa shape index (κ1) is 19.7. The Kier molecular flexibility index (Phi) is 6.04. The molecule has 146 valence electrons. The van der Waals surface area contributed by atoms with Crippen molar-refractivity contribution in [3.63, 3.8) is 0 Å². The summed E-state index contributed by atoms with van der Waals surface area (Å²) in [5.74, 6) is 0.535. The topological polar surface area (TPSA) is 67.9 Å². The molecule has 0 aliphatic carbocycles. The number of nitrogens with zero attached hydrogens (tertiary/aromatic N) is 1. The van der Waals surface area contributed by atoms with Gasteiger partial charge in [0.2, 0.25) is 0 Å². The van der Waals surface area contributed by atoms with Crippen LogP contribution in [0.3, 0.4) is 0 Å². The molecule has 0 saturated heterocycles. The maximum Gasteiger partial charge on any atom is 0.264 e. The first-order valence-corrected chi connectivity index (χ1v) is 10.5. The van der Waals surface area contributed by atoms with Crippen molar-refractivity contribution in [2.45, 2.75) is 24.3 Å². The highest BCUT2D eigenvalue weighted by atomic mass is 32.2. The lowest BCUT2D eigenvalue weighted by atomic mass is 9.96. The minimum Gasteiger partial charge on any atom is -0.495 e. The number of anilines is 1. The van der Waals surface area contributed by atoms with Crippen LogP contribution < -0.4 is 14.4 Å². The van der Waals surface area contributed by atoms with Crippen LogP contribution in [-0.4, -0.2) is 42.3 Å². The Bertz CT molecular complexity index is 899. The number of sulfonamides is 1. The molecule has 2 aromatic rings. The maximum absolute atomic E-state index is 13.2. The molecule has 1 unspecified atom stereocenters. The summed E-state index contributed by atoms with van der Waals surface area (Å²) in [4.78, 5) is 0.313. The third kappa shape index (κ3) is 3.67. The number of para-hydroxylation sites is 1. The van der Waals surface area contributed by atoms with Crippen molar-refractivity contribution in [2.75, 3.05) is 38.2 Å². The molecule has 1 heterocycles. The zero-order valence-corrected chi connectivity index (χ0v) is 16.8. The summed E-state index contributed by atoms with van der Waals surface area (Å²) in [5, 5.41) is 3.52. The van der Waals surface area contributed by atoms with Gasteiger partial charge in [-0.2, -0.15) is 0 Å². The number of hydrogen-bond acceptors (Lipinski definition) is 5. The lowest BCUT2D eigenvalue weighted by molar-refractivity contribution is 0.144. The average Bonchev–Trinajstić information content (AvgIpc) is 2.75. The molecule has 2 aromatic carbocycles. The van der Waals surface area contributed by atoms with Gasteiger partial charge in [-0.15, -0.1) is 0 Å². The molecule has 0 amide bonds. The number of benzene rings is 2. The second-order valence-corrected chi connectivity index (χ2v) is 8.28. The molecule has 27 heavy (non-hydrogen) atoms. The Morgan fingerprint density at radius 2 is 1.85 bits per heavy atom. The molecule has 6 nitrogen and oxygen atoms in total. The van der Waals surface area contributed by atoms with E-state index in [1.54, 1.807) is 32.4 Å². The number of hydrogen-bond donors (Lipinski definition) is 1. The quantitative estimate of drug-likeness (QED) is 0.736. The van der Waals surface area contributed by atoms with Gasteiger partial charge in [-0.3, -0.25) is 4.31 Å². The Balaban J connectivity index is 2.11. The molecule has 7 heteroatoms. The van der Waals surface area contributed by atoms with Crippen LogP contribution in [0.2, 0.25) is 0 Å². The Morgan fingerprint density at radius 3 is 2.59 bits per heavy atom. The Morgan fingerprint density at radius 1 is 1.11 bits per heavy atom. The number of fused-ring (bicyclic) bond motifs is 2. The first-order valence-electron chi connectivity index (χ1n) is 9.08. The van der Waals surface area contributed by atoms with Crippen molar-refractivity contribution < 1.29 is 17.9 Å².